The van der Waals surface area contributed by atoms with E-state index in [1.54, 1.807) is 25.2 Å². The van der Waals surface area contributed by atoms with Crippen LogP contribution in [-0.4, -0.2) is 59.8 Å². The second-order valence-corrected chi connectivity index (χ2v) is 7.55. The fourth-order valence-electron chi connectivity index (χ4n) is 2.61. The minimum absolute atomic E-state index is 0.202. The second kappa shape index (κ2) is 13.9. The summed E-state index contributed by atoms with van der Waals surface area (Å²) in [5, 5.41) is 14.8. The smallest absolute Gasteiger partial charge is 0.191 e. The van der Waals surface area contributed by atoms with Gasteiger partial charge in [-0.2, -0.15) is 0 Å². The zero-order valence-electron chi connectivity index (χ0n) is 17.2. The van der Waals surface area contributed by atoms with Crippen molar-refractivity contribution in [3.8, 4) is 0 Å². The van der Waals surface area contributed by atoms with Crippen LogP contribution in [0.4, 0.5) is 4.39 Å². The number of nitrogens with zero attached hydrogens (tertiary/aromatic N) is 4. The average molecular weight is 423 g/mol. The third-order valence-corrected chi connectivity index (χ3v) is 5.23. The highest BCUT2D eigenvalue weighted by Crippen LogP contribution is 2.18. The van der Waals surface area contributed by atoms with Gasteiger partial charge in [0.15, 0.2) is 5.96 Å². The molecule has 0 aliphatic carbocycles. The third-order valence-electron chi connectivity index (χ3n) is 4.13. The van der Waals surface area contributed by atoms with Crippen molar-refractivity contribution in [2.24, 2.45) is 4.99 Å². The van der Waals surface area contributed by atoms with E-state index >= 15 is 0 Å². The van der Waals surface area contributed by atoms with Gasteiger partial charge in [0.2, 0.25) is 0 Å². The molecule has 0 unspecified atom stereocenters. The summed E-state index contributed by atoms with van der Waals surface area (Å²) >= 11 is 1.71. The molecule has 0 saturated carbocycles. The molecular weight excluding hydrogens is 391 g/mol. The van der Waals surface area contributed by atoms with E-state index in [0.717, 1.165) is 74.5 Å². The molecule has 29 heavy (non-hydrogen) atoms. The zero-order valence-corrected chi connectivity index (χ0v) is 18.1. The molecule has 2 N–H and O–H groups in total. The Morgan fingerprint density at radius 3 is 2.76 bits per heavy atom. The second-order valence-electron chi connectivity index (χ2n) is 6.38. The number of hydrogen-bond donors (Lipinski definition) is 2. The quantitative estimate of drug-likeness (QED) is 0.224. The summed E-state index contributed by atoms with van der Waals surface area (Å²) in [6, 6.07) is 6.60. The van der Waals surface area contributed by atoms with Crippen LogP contribution in [0, 0.1) is 5.82 Å². The maximum absolute atomic E-state index is 12.9. The van der Waals surface area contributed by atoms with E-state index in [1.165, 1.54) is 12.1 Å². The van der Waals surface area contributed by atoms with Crippen LogP contribution in [-0.2, 0) is 17.7 Å². The number of benzene rings is 1. The summed E-state index contributed by atoms with van der Waals surface area (Å²) in [6.07, 6.45) is 4.49. The van der Waals surface area contributed by atoms with E-state index in [2.05, 4.69) is 37.3 Å². The first-order chi connectivity index (χ1) is 14.2. The number of aromatic nitrogens is 3. The molecule has 9 heteroatoms. The SMILES string of the molecule is CCc1nncn1CCNC(=NCCCSc1ccc(F)cc1)NCCCOC. The molecule has 1 heterocycles. The molecule has 0 aliphatic rings. The molecule has 0 spiro atoms. The highest BCUT2D eigenvalue weighted by molar-refractivity contribution is 7.99. The summed E-state index contributed by atoms with van der Waals surface area (Å²) in [7, 11) is 1.70. The number of methoxy groups -OCH3 is 1. The zero-order chi connectivity index (χ0) is 20.7. The van der Waals surface area contributed by atoms with Crippen molar-refractivity contribution in [2.75, 3.05) is 39.1 Å². The lowest BCUT2D eigenvalue weighted by Crippen LogP contribution is -2.40. The van der Waals surface area contributed by atoms with Crippen molar-refractivity contribution in [1.82, 2.24) is 25.4 Å². The van der Waals surface area contributed by atoms with Gasteiger partial charge >= 0.3 is 0 Å². The molecule has 0 aliphatic heterocycles. The first kappa shape index (κ1) is 23.2. The van der Waals surface area contributed by atoms with Gasteiger partial charge < -0.3 is 19.9 Å². The number of aryl methyl sites for hydroxylation is 1. The molecule has 1 aromatic heterocycles. The van der Waals surface area contributed by atoms with Gasteiger partial charge in [0.05, 0.1) is 0 Å². The fourth-order valence-corrected chi connectivity index (χ4v) is 3.45. The Morgan fingerprint density at radius 2 is 2.00 bits per heavy atom. The molecule has 7 nitrogen and oxygen atoms in total. The molecular formula is C20H31FN6OS. The first-order valence-corrected chi connectivity index (χ1v) is 11.0. The lowest BCUT2D eigenvalue weighted by Gasteiger charge is -2.13. The van der Waals surface area contributed by atoms with Gasteiger partial charge in [0.1, 0.15) is 18.0 Å². The van der Waals surface area contributed by atoms with Gasteiger partial charge in [-0.3, -0.25) is 4.99 Å². The van der Waals surface area contributed by atoms with Gasteiger partial charge in [0.25, 0.3) is 0 Å². The van der Waals surface area contributed by atoms with Gasteiger partial charge in [-0.25, -0.2) is 4.39 Å². The molecule has 1 aromatic carbocycles. The Bertz CT molecular complexity index is 722. The van der Waals surface area contributed by atoms with E-state index < -0.39 is 0 Å². The number of hydrogen-bond acceptors (Lipinski definition) is 5. The summed E-state index contributed by atoms with van der Waals surface area (Å²) in [5.74, 6) is 2.52. The van der Waals surface area contributed by atoms with Crippen molar-refractivity contribution in [3.05, 3.63) is 42.2 Å². The van der Waals surface area contributed by atoms with Gasteiger partial charge in [-0.15, -0.1) is 22.0 Å². The number of thioether (sulfide) groups is 1. The van der Waals surface area contributed by atoms with E-state index in [0.29, 0.717) is 0 Å². The molecule has 2 rings (SSSR count). The van der Waals surface area contributed by atoms with Crippen molar-refractivity contribution in [3.63, 3.8) is 0 Å². The fraction of sp³-hybridized carbons (Fsp3) is 0.550. The highest BCUT2D eigenvalue weighted by Gasteiger charge is 2.03. The van der Waals surface area contributed by atoms with Crippen LogP contribution in [0.3, 0.4) is 0 Å². The number of halogens is 1. The van der Waals surface area contributed by atoms with Crippen molar-refractivity contribution >= 4 is 17.7 Å². The average Bonchev–Trinajstić information content (AvgIpc) is 3.19. The van der Waals surface area contributed by atoms with Crippen LogP contribution in [0.25, 0.3) is 0 Å². The molecule has 0 radical (unpaired) electrons. The first-order valence-electron chi connectivity index (χ1n) is 9.99. The lowest BCUT2D eigenvalue weighted by atomic mass is 10.4. The van der Waals surface area contributed by atoms with Crippen molar-refractivity contribution < 1.29 is 9.13 Å². The highest BCUT2D eigenvalue weighted by atomic mass is 32.2. The Hall–Kier alpha value is -2.13. The number of ether oxygens (including phenoxy) is 1. The Labute approximate surface area is 176 Å². The topological polar surface area (TPSA) is 76.4 Å². The van der Waals surface area contributed by atoms with Crippen molar-refractivity contribution in [2.45, 2.75) is 37.6 Å². The third kappa shape index (κ3) is 9.27. The summed E-state index contributed by atoms with van der Waals surface area (Å²) in [6.45, 7) is 5.84. The summed E-state index contributed by atoms with van der Waals surface area (Å²) in [5.41, 5.74) is 0. The molecule has 0 saturated heterocycles. The normalized spacial score (nSPS) is 11.6. The van der Waals surface area contributed by atoms with E-state index in [9.17, 15) is 4.39 Å². The van der Waals surface area contributed by atoms with Crippen molar-refractivity contribution in [1.29, 1.82) is 0 Å². The number of guanidine groups is 1. The van der Waals surface area contributed by atoms with Crippen LogP contribution in [0.5, 0.6) is 0 Å². The van der Waals surface area contributed by atoms with Crippen LogP contribution < -0.4 is 10.6 Å². The minimum Gasteiger partial charge on any atom is -0.385 e. The molecule has 0 bridgehead atoms. The molecule has 0 fully saturated rings. The monoisotopic (exact) mass is 422 g/mol. The number of aliphatic imine (C=N–C) groups is 1. The maximum atomic E-state index is 12.9. The van der Waals surface area contributed by atoms with E-state index in [1.807, 2.05) is 12.1 Å². The summed E-state index contributed by atoms with van der Waals surface area (Å²) in [4.78, 5) is 5.74. The number of rotatable bonds is 13. The lowest BCUT2D eigenvalue weighted by molar-refractivity contribution is 0.195. The summed E-state index contributed by atoms with van der Waals surface area (Å²) < 4.78 is 20.1. The van der Waals surface area contributed by atoms with Gasteiger partial charge in [-0.05, 0) is 42.9 Å². The largest absolute Gasteiger partial charge is 0.385 e. The Kier molecular flexibility index (Phi) is 11.1. The van der Waals surface area contributed by atoms with Crippen LogP contribution in [0.15, 0.2) is 40.5 Å². The van der Waals surface area contributed by atoms with Crippen LogP contribution >= 0.6 is 11.8 Å². The minimum atomic E-state index is -0.202. The standard InChI is InChI=1S/C20H31FN6OS/c1-3-19-26-25-16-27(19)13-12-24-20(22-10-4-14-28-2)23-11-5-15-29-18-8-6-17(21)7-9-18/h6-9,16H,3-5,10-15H2,1-2H3,(H2,22,23,24). The van der Waals surface area contributed by atoms with Gasteiger partial charge in [0, 0.05) is 51.2 Å². The maximum Gasteiger partial charge on any atom is 0.191 e. The van der Waals surface area contributed by atoms with E-state index in [4.69, 9.17) is 4.74 Å². The molecule has 2 aromatic rings. The molecule has 0 atom stereocenters. The molecule has 160 valence electrons. The Morgan fingerprint density at radius 1 is 1.21 bits per heavy atom. The predicted molar refractivity (Wildman–Crippen MR) is 116 cm³/mol. The number of nitrogens with one attached hydrogen (secondary N) is 2. The van der Waals surface area contributed by atoms with Gasteiger partial charge in [-0.1, -0.05) is 6.92 Å². The predicted octanol–water partition coefficient (Wildman–Crippen LogP) is 2.73. The Balaban J connectivity index is 1.74. The van der Waals surface area contributed by atoms with E-state index in [-0.39, 0.29) is 5.82 Å². The van der Waals surface area contributed by atoms with Crippen LogP contribution in [0.2, 0.25) is 0 Å². The van der Waals surface area contributed by atoms with Crippen LogP contribution in [0.1, 0.15) is 25.6 Å². The molecule has 0 amide bonds.